The fourth-order valence-electron chi connectivity index (χ4n) is 3.17. The predicted molar refractivity (Wildman–Crippen MR) is 104 cm³/mol. The summed E-state index contributed by atoms with van der Waals surface area (Å²) in [6.07, 6.45) is 0.177. The number of ether oxygens (including phenoxy) is 1. The fraction of sp³-hybridized carbons (Fsp3) is 0.500. The smallest absolute Gasteiger partial charge is 0.317 e. The molecule has 2 amide bonds. The maximum Gasteiger partial charge on any atom is 0.317 e. The Balaban J connectivity index is 1.59. The summed E-state index contributed by atoms with van der Waals surface area (Å²) < 4.78 is 7.84. The van der Waals surface area contributed by atoms with Crippen molar-refractivity contribution in [1.29, 1.82) is 0 Å². The van der Waals surface area contributed by atoms with Crippen molar-refractivity contribution in [2.75, 3.05) is 20.6 Å². The van der Waals surface area contributed by atoms with E-state index < -0.39 is 0 Å². The van der Waals surface area contributed by atoms with Crippen LogP contribution in [-0.2, 0) is 26.2 Å². The predicted octanol–water partition coefficient (Wildman–Crippen LogP) is 2.46. The van der Waals surface area contributed by atoms with E-state index in [4.69, 9.17) is 4.74 Å². The largest absolute Gasteiger partial charge is 0.491 e. The summed E-state index contributed by atoms with van der Waals surface area (Å²) >= 11 is 0. The summed E-state index contributed by atoms with van der Waals surface area (Å²) in [6, 6.07) is 10.3. The van der Waals surface area contributed by atoms with Gasteiger partial charge in [-0.25, -0.2) is 4.79 Å². The number of rotatable bonds is 6. The third-order valence-electron chi connectivity index (χ3n) is 4.43. The number of benzene rings is 1. The van der Waals surface area contributed by atoms with Crippen molar-refractivity contribution in [3.05, 3.63) is 47.3 Å². The molecule has 7 heteroatoms. The quantitative estimate of drug-likeness (QED) is 0.847. The molecule has 0 saturated carbocycles. The van der Waals surface area contributed by atoms with Crippen LogP contribution in [0, 0.1) is 0 Å². The number of urea groups is 1. The molecule has 0 spiro atoms. The van der Waals surface area contributed by atoms with E-state index in [9.17, 15) is 4.79 Å². The first-order valence-electron chi connectivity index (χ1n) is 9.39. The second kappa shape index (κ2) is 8.43. The van der Waals surface area contributed by atoms with Crippen LogP contribution in [0.2, 0.25) is 0 Å². The van der Waals surface area contributed by atoms with Gasteiger partial charge in [0.25, 0.3) is 0 Å². The molecule has 2 aromatic rings. The fourth-order valence-corrected chi connectivity index (χ4v) is 3.17. The molecule has 1 aliphatic heterocycles. The zero-order chi connectivity index (χ0) is 19.4. The average molecular weight is 371 g/mol. The van der Waals surface area contributed by atoms with Gasteiger partial charge < -0.3 is 15.0 Å². The Bertz CT molecular complexity index is 784. The maximum atomic E-state index is 11.7. The van der Waals surface area contributed by atoms with Crippen molar-refractivity contribution in [2.45, 2.75) is 46.1 Å². The number of carbonyl (C=O) groups is 1. The molecule has 0 saturated heterocycles. The van der Waals surface area contributed by atoms with Gasteiger partial charge in [0.15, 0.2) is 0 Å². The lowest BCUT2D eigenvalue weighted by Gasteiger charge is -2.27. The van der Waals surface area contributed by atoms with Crippen LogP contribution in [0.4, 0.5) is 4.79 Å². The molecule has 2 heterocycles. The van der Waals surface area contributed by atoms with Crippen LogP contribution in [0.25, 0.3) is 0 Å². The molecule has 1 aliphatic rings. The van der Waals surface area contributed by atoms with E-state index in [0.29, 0.717) is 6.54 Å². The van der Waals surface area contributed by atoms with E-state index in [1.165, 1.54) is 16.2 Å². The topological polar surface area (TPSA) is 62.6 Å². The third kappa shape index (κ3) is 5.23. The molecule has 7 nitrogen and oxygen atoms in total. The number of aromatic nitrogens is 2. The molecule has 0 atom stereocenters. The molecule has 1 aromatic carbocycles. The summed E-state index contributed by atoms with van der Waals surface area (Å²) in [5.74, 6) is 0.920. The Kier molecular flexibility index (Phi) is 6.01. The Morgan fingerprint density at radius 1 is 1.30 bits per heavy atom. The summed E-state index contributed by atoms with van der Waals surface area (Å²) in [5.41, 5.74) is 3.33. The highest BCUT2D eigenvalue weighted by Crippen LogP contribution is 2.20. The van der Waals surface area contributed by atoms with Crippen molar-refractivity contribution in [3.8, 4) is 5.75 Å². The Morgan fingerprint density at radius 3 is 2.85 bits per heavy atom. The number of nitrogens with one attached hydrogen (secondary N) is 1. The zero-order valence-electron chi connectivity index (χ0n) is 16.6. The lowest BCUT2D eigenvalue weighted by atomic mass is 10.2. The van der Waals surface area contributed by atoms with Gasteiger partial charge in [-0.2, -0.15) is 5.10 Å². The van der Waals surface area contributed by atoms with Gasteiger partial charge >= 0.3 is 6.03 Å². The zero-order valence-corrected chi connectivity index (χ0v) is 16.6. The molecule has 27 heavy (non-hydrogen) atoms. The Labute approximate surface area is 160 Å². The molecule has 3 rings (SSSR count). The normalized spacial score (nSPS) is 14.1. The van der Waals surface area contributed by atoms with Crippen LogP contribution in [-0.4, -0.2) is 52.4 Å². The highest BCUT2D eigenvalue weighted by molar-refractivity contribution is 5.73. The van der Waals surface area contributed by atoms with Gasteiger partial charge in [-0.3, -0.25) is 9.58 Å². The molecular weight excluding hydrogens is 342 g/mol. The van der Waals surface area contributed by atoms with E-state index in [0.717, 1.165) is 37.6 Å². The van der Waals surface area contributed by atoms with Gasteiger partial charge in [-0.1, -0.05) is 12.1 Å². The van der Waals surface area contributed by atoms with Crippen LogP contribution in [0.3, 0.4) is 0 Å². The number of fused-ring (bicyclic) bond motifs is 1. The van der Waals surface area contributed by atoms with Crippen molar-refractivity contribution in [1.82, 2.24) is 24.9 Å². The van der Waals surface area contributed by atoms with Crippen molar-refractivity contribution >= 4 is 6.03 Å². The SMILES string of the molecule is CC(C)Oc1cccc(CN2CCn3nc(CNC(=O)N(C)C)cc3C2)c1. The number of amides is 2. The van der Waals surface area contributed by atoms with Crippen molar-refractivity contribution < 1.29 is 9.53 Å². The molecule has 0 fully saturated rings. The molecule has 0 bridgehead atoms. The first-order valence-corrected chi connectivity index (χ1v) is 9.39. The molecule has 1 aromatic heterocycles. The maximum absolute atomic E-state index is 11.7. The highest BCUT2D eigenvalue weighted by Gasteiger charge is 2.19. The minimum absolute atomic E-state index is 0.105. The first kappa shape index (κ1) is 19.2. The number of hydrogen-bond acceptors (Lipinski definition) is 4. The molecular formula is C20H29N5O2. The number of nitrogens with zero attached hydrogens (tertiary/aromatic N) is 4. The van der Waals surface area contributed by atoms with Gasteiger partial charge in [0.05, 0.1) is 30.6 Å². The van der Waals surface area contributed by atoms with E-state index in [1.54, 1.807) is 14.1 Å². The highest BCUT2D eigenvalue weighted by atomic mass is 16.5. The summed E-state index contributed by atoms with van der Waals surface area (Å²) in [5, 5.41) is 7.47. The van der Waals surface area contributed by atoms with Crippen LogP contribution in [0.15, 0.2) is 30.3 Å². The second-order valence-electron chi connectivity index (χ2n) is 7.43. The van der Waals surface area contributed by atoms with E-state index in [-0.39, 0.29) is 12.1 Å². The lowest BCUT2D eigenvalue weighted by molar-refractivity contribution is 0.204. The van der Waals surface area contributed by atoms with E-state index in [2.05, 4.69) is 33.5 Å². The number of hydrogen-bond donors (Lipinski definition) is 1. The van der Waals surface area contributed by atoms with Crippen LogP contribution < -0.4 is 10.1 Å². The minimum atomic E-state index is -0.105. The standard InChI is InChI=1S/C20H29N5O2/c1-15(2)27-19-7-5-6-16(10-19)13-24-8-9-25-18(14-24)11-17(22-25)12-21-20(26)23(3)4/h5-7,10-11,15H,8-9,12-14H2,1-4H3,(H,21,26). The molecule has 1 N–H and O–H groups in total. The monoisotopic (exact) mass is 371 g/mol. The van der Waals surface area contributed by atoms with Gasteiger partial charge in [0, 0.05) is 33.7 Å². The third-order valence-corrected chi connectivity index (χ3v) is 4.43. The summed E-state index contributed by atoms with van der Waals surface area (Å²) in [6.45, 7) is 8.07. The van der Waals surface area contributed by atoms with Crippen LogP contribution in [0.1, 0.15) is 30.8 Å². The number of carbonyl (C=O) groups excluding carboxylic acids is 1. The van der Waals surface area contributed by atoms with E-state index in [1.807, 2.05) is 30.7 Å². The first-order chi connectivity index (χ1) is 12.9. The van der Waals surface area contributed by atoms with Gasteiger partial charge in [-0.05, 0) is 37.6 Å². The molecule has 146 valence electrons. The van der Waals surface area contributed by atoms with Crippen LogP contribution in [0.5, 0.6) is 5.75 Å². The molecule has 0 aliphatic carbocycles. The Morgan fingerprint density at radius 2 is 2.11 bits per heavy atom. The molecule has 0 radical (unpaired) electrons. The van der Waals surface area contributed by atoms with Gasteiger partial charge in [0.2, 0.25) is 0 Å². The molecule has 0 unspecified atom stereocenters. The minimum Gasteiger partial charge on any atom is -0.491 e. The van der Waals surface area contributed by atoms with Crippen molar-refractivity contribution in [2.24, 2.45) is 0 Å². The van der Waals surface area contributed by atoms with Crippen LogP contribution >= 0.6 is 0 Å². The van der Waals surface area contributed by atoms with Gasteiger partial charge in [0.1, 0.15) is 5.75 Å². The van der Waals surface area contributed by atoms with Crippen molar-refractivity contribution in [3.63, 3.8) is 0 Å². The average Bonchev–Trinajstić information content (AvgIpc) is 3.01. The second-order valence-corrected chi connectivity index (χ2v) is 7.43. The lowest BCUT2D eigenvalue weighted by Crippen LogP contribution is -2.34. The summed E-state index contributed by atoms with van der Waals surface area (Å²) in [7, 11) is 3.46. The summed E-state index contributed by atoms with van der Waals surface area (Å²) in [4.78, 5) is 15.6. The van der Waals surface area contributed by atoms with Gasteiger partial charge in [-0.15, -0.1) is 0 Å². The van der Waals surface area contributed by atoms with E-state index >= 15 is 0 Å². The Hall–Kier alpha value is -2.54.